The van der Waals surface area contributed by atoms with E-state index in [-0.39, 0.29) is 4.90 Å². The Balaban J connectivity index is 2.83. The second kappa shape index (κ2) is 3.64. The van der Waals surface area contributed by atoms with Gasteiger partial charge in [0.25, 0.3) is 0 Å². The number of benzene rings is 2. The molecule has 0 unspecified atom stereocenters. The van der Waals surface area contributed by atoms with Gasteiger partial charge in [-0.1, -0.05) is 36.4 Å². The van der Waals surface area contributed by atoms with Crippen molar-refractivity contribution in [1.82, 2.24) is 0 Å². The summed E-state index contributed by atoms with van der Waals surface area (Å²) in [5, 5.41) is 1.62. The molecule has 2 aromatic rings. The number of fused-ring (bicyclic) bond motifs is 1. The summed E-state index contributed by atoms with van der Waals surface area (Å²) in [7, 11) is -2.21. The predicted molar refractivity (Wildman–Crippen MR) is 60.4 cm³/mol. The number of sulfonamides is 1. The van der Waals surface area contributed by atoms with Gasteiger partial charge >= 0.3 is 0 Å². The topological polar surface area (TPSA) is 48.2 Å². The highest BCUT2D eigenvalue weighted by Crippen LogP contribution is 2.25. The molecule has 0 aliphatic carbocycles. The summed E-state index contributed by atoms with van der Waals surface area (Å²) < 4.78 is 26.7. The maximum atomic E-state index is 11.6. The van der Waals surface area contributed by atoms with Crippen LogP contribution in [0.1, 0.15) is 0 Å². The molecule has 78 valence electrons. The molecular weight excluding hydrogens is 210 g/mol. The smallest absolute Gasteiger partial charge is 0.101 e. The highest BCUT2D eigenvalue weighted by Gasteiger charge is 2.06. The third-order valence-electron chi connectivity index (χ3n) is 2.27. The van der Waals surface area contributed by atoms with Crippen molar-refractivity contribution in [2.24, 2.45) is 0 Å². The lowest BCUT2D eigenvalue weighted by molar-refractivity contribution is 0.603. The summed E-state index contributed by atoms with van der Waals surface area (Å²) in [6.07, 6.45) is 0. The molecular formula is C11H10NO2S-. The second-order valence-electron chi connectivity index (χ2n) is 3.13. The fourth-order valence-corrected chi connectivity index (χ4v) is 2.43. The van der Waals surface area contributed by atoms with Crippen molar-refractivity contribution in [3.63, 3.8) is 0 Å². The lowest BCUT2D eigenvalue weighted by atomic mass is 10.1. The van der Waals surface area contributed by atoms with E-state index in [1.807, 2.05) is 24.3 Å². The number of nitrogens with zero attached hydrogens (tertiary/aromatic N) is 1. The maximum Gasteiger partial charge on any atom is 0.101 e. The van der Waals surface area contributed by atoms with Gasteiger partial charge in [-0.3, -0.25) is 0 Å². The summed E-state index contributed by atoms with van der Waals surface area (Å²) in [4.78, 5) is 0.267. The van der Waals surface area contributed by atoms with Crippen molar-refractivity contribution in [2.45, 2.75) is 4.90 Å². The molecule has 15 heavy (non-hydrogen) atoms. The quantitative estimate of drug-likeness (QED) is 0.780. The Kier molecular flexibility index (Phi) is 2.46. The molecule has 0 heterocycles. The van der Waals surface area contributed by atoms with Crippen LogP contribution in [0.3, 0.4) is 0 Å². The summed E-state index contributed by atoms with van der Waals surface area (Å²) in [6, 6.07) is 12.5. The molecule has 0 saturated carbocycles. The first kappa shape index (κ1) is 10.1. The van der Waals surface area contributed by atoms with Gasteiger partial charge in [-0.05, 0) is 16.8 Å². The average Bonchev–Trinajstić information content (AvgIpc) is 2.28. The zero-order valence-electron chi connectivity index (χ0n) is 8.21. The third-order valence-corrected chi connectivity index (χ3v) is 3.66. The summed E-state index contributed by atoms with van der Waals surface area (Å²) in [5.41, 5.74) is 0. The van der Waals surface area contributed by atoms with Crippen LogP contribution < -0.4 is 0 Å². The lowest BCUT2D eigenvalue weighted by Gasteiger charge is -2.15. The van der Waals surface area contributed by atoms with Crippen molar-refractivity contribution in [3.05, 3.63) is 47.2 Å². The van der Waals surface area contributed by atoms with E-state index < -0.39 is 10.0 Å². The molecule has 0 amide bonds. The lowest BCUT2D eigenvalue weighted by Crippen LogP contribution is -1.98. The molecule has 0 fully saturated rings. The van der Waals surface area contributed by atoms with Crippen LogP contribution in [-0.2, 0) is 10.0 Å². The standard InChI is InChI=1S/C11H10NO2S/c1-12-15(13,14)11-8-4-6-9-5-2-3-7-10(9)11/h2-8H,1H3/q-1. The van der Waals surface area contributed by atoms with Crippen molar-refractivity contribution in [1.29, 1.82) is 0 Å². The zero-order valence-corrected chi connectivity index (χ0v) is 9.03. The minimum absolute atomic E-state index is 0.267. The Morgan fingerprint density at radius 2 is 1.67 bits per heavy atom. The van der Waals surface area contributed by atoms with Gasteiger partial charge < -0.3 is 4.72 Å². The number of hydrogen-bond donors (Lipinski definition) is 0. The van der Waals surface area contributed by atoms with E-state index in [1.54, 1.807) is 18.2 Å². The van der Waals surface area contributed by atoms with Crippen molar-refractivity contribution < 1.29 is 8.42 Å². The highest BCUT2D eigenvalue weighted by molar-refractivity contribution is 7.94. The fraction of sp³-hybridized carbons (Fsp3) is 0.0909. The van der Waals surface area contributed by atoms with E-state index in [0.29, 0.717) is 5.39 Å². The molecule has 0 spiro atoms. The molecule has 0 aromatic heterocycles. The van der Waals surface area contributed by atoms with Crippen LogP contribution in [0.15, 0.2) is 47.4 Å². The SMILES string of the molecule is C[N-]S(=O)(=O)c1cccc2ccccc12. The Labute approximate surface area is 88.8 Å². The van der Waals surface area contributed by atoms with Crippen LogP contribution in [0.25, 0.3) is 15.5 Å². The first-order chi connectivity index (χ1) is 7.15. The first-order valence-electron chi connectivity index (χ1n) is 4.49. The molecule has 0 atom stereocenters. The van der Waals surface area contributed by atoms with Gasteiger partial charge in [0.15, 0.2) is 0 Å². The van der Waals surface area contributed by atoms with Gasteiger partial charge in [-0.25, -0.2) is 8.42 Å². The fourth-order valence-electron chi connectivity index (χ4n) is 1.52. The van der Waals surface area contributed by atoms with Crippen LogP contribution in [-0.4, -0.2) is 15.5 Å². The highest BCUT2D eigenvalue weighted by atomic mass is 32.2. The zero-order chi connectivity index (χ0) is 10.9. The Morgan fingerprint density at radius 3 is 2.40 bits per heavy atom. The molecule has 0 bridgehead atoms. The predicted octanol–water partition coefficient (Wildman–Crippen LogP) is 2.53. The van der Waals surface area contributed by atoms with E-state index in [0.717, 1.165) is 5.39 Å². The van der Waals surface area contributed by atoms with Gasteiger partial charge in [-0.2, -0.15) is 7.05 Å². The molecule has 0 aliphatic rings. The molecule has 0 N–H and O–H groups in total. The van der Waals surface area contributed by atoms with E-state index in [4.69, 9.17) is 0 Å². The monoisotopic (exact) mass is 220 g/mol. The number of hydrogen-bond acceptors (Lipinski definition) is 2. The Bertz CT molecular complexity index is 585. The van der Waals surface area contributed by atoms with Gasteiger partial charge in [0.1, 0.15) is 10.0 Å². The molecule has 0 aliphatic heterocycles. The third kappa shape index (κ3) is 1.73. The van der Waals surface area contributed by atoms with Gasteiger partial charge in [0.2, 0.25) is 0 Å². The molecule has 4 heteroatoms. The van der Waals surface area contributed by atoms with Crippen LogP contribution in [0, 0.1) is 0 Å². The summed E-state index contributed by atoms with van der Waals surface area (Å²) in [5.74, 6) is 0. The Hall–Kier alpha value is -1.39. The first-order valence-corrected chi connectivity index (χ1v) is 5.93. The summed E-state index contributed by atoms with van der Waals surface area (Å²) in [6.45, 7) is 0. The maximum absolute atomic E-state index is 11.6. The van der Waals surface area contributed by atoms with Crippen molar-refractivity contribution in [3.8, 4) is 0 Å². The Morgan fingerprint density at radius 1 is 1.00 bits per heavy atom. The van der Waals surface area contributed by atoms with Crippen LogP contribution in [0.5, 0.6) is 0 Å². The van der Waals surface area contributed by atoms with Crippen molar-refractivity contribution in [2.75, 3.05) is 7.05 Å². The van der Waals surface area contributed by atoms with Crippen molar-refractivity contribution >= 4 is 20.8 Å². The molecule has 0 radical (unpaired) electrons. The van der Waals surface area contributed by atoms with Gasteiger partial charge in [0.05, 0.1) is 4.90 Å². The molecule has 2 aromatic carbocycles. The van der Waals surface area contributed by atoms with E-state index >= 15 is 0 Å². The van der Waals surface area contributed by atoms with E-state index in [1.165, 1.54) is 7.05 Å². The second-order valence-corrected chi connectivity index (χ2v) is 4.89. The summed E-state index contributed by atoms with van der Waals surface area (Å²) >= 11 is 0. The minimum Gasteiger partial charge on any atom is -0.547 e. The molecule has 0 saturated heterocycles. The van der Waals surface area contributed by atoms with Gasteiger partial charge in [-0.15, -0.1) is 0 Å². The molecule has 3 nitrogen and oxygen atoms in total. The largest absolute Gasteiger partial charge is 0.547 e. The average molecular weight is 220 g/mol. The van der Waals surface area contributed by atoms with Crippen LogP contribution in [0.2, 0.25) is 0 Å². The van der Waals surface area contributed by atoms with Crippen LogP contribution in [0.4, 0.5) is 0 Å². The van der Waals surface area contributed by atoms with E-state index in [2.05, 4.69) is 4.72 Å². The van der Waals surface area contributed by atoms with Gasteiger partial charge in [0, 0.05) is 0 Å². The van der Waals surface area contributed by atoms with Crippen LogP contribution >= 0.6 is 0 Å². The van der Waals surface area contributed by atoms with E-state index in [9.17, 15) is 8.42 Å². The normalized spacial score (nSPS) is 11.8. The minimum atomic E-state index is -3.50. The molecule has 2 rings (SSSR count). The number of rotatable bonds is 2.